The summed E-state index contributed by atoms with van der Waals surface area (Å²) in [4.78, 5) is 11.1. The topological polar surface area (TPSA) is 93.5 Å². The molecule has 7 heteroatoms. The lowest BCUT2D eigenvalue weighted by atomic mass is 10.2. The van der Waals surface area contributed by atoms with Crippen molar-refractivity contribution < 1.29 is 22.1 Å². The molecule has 0 bridgehead atoms. The van der Waals surface area contributed by atoms with Crippen LogP contribution < -0.4 is 4.18 Å². The summed E-state index contributed by atoms with van der Waals surface area (Å²) in [6, 6.07) is 15.6. The predicted octanol–water partition coefficient (Wildman–Crippen LogP) is 2.41. The molecule has 23 heavy (non-hydrogen) atoms. The Bertz CT molecular complexity index is 808. The van der Waals surface area contributed by atoms with Crippen LogP contribution in [0, 0.1) is 11.3 Å². The Kier molecular flexibility index (Phi) is 5.33. The van der Waals surface area contributed by atoms with Gasteiger partial charge in [0.2, 0.25) is 0 Å². The van der Waals surface area contributed by atoms with Crippen LogP contribution in [0.2, 0.25) is 0 Å². The van der Waals surface area contributed by atoms with E-state index in [9.17, 15) is 13.2 Å². The zero-order valence-electron chi connectivity index (χ0n) is 12.0. The lowest BCUT2D eigenvalue weighted by Crippen LogP contribution is -2.09. The zero-order chi connectivity index (χ0) is 16.7. The largest absolute Gasteiger partial charge is 0.460 e. The second-order valence-electron chi connectivity index (χ2n) is 4.49. The maximum Gasteiger partial charge on any atom is 0.339 e. The van der Waals surface area contributed by atoms with Gasteiger partial charge in [0.05, 0.1) is 6.07 Å². The van der Waals surface area contributed by atoms with Gasteiger partial charge >= 0.3 is 16.1 Å². The number of hydrogen-bond donors (Lipinski definition) is 0. The van der Waals surface area contributed by atoms with Gasteiger partial charge in [-0.15, -0.1) is 0 Å². The maximum absolute atomic E-state index is 12.1. The van der Waals surface area contributed by atoms with Crippen molar-refractivity contribution in [2.45, 2.75) is 17.9 Å². The molecule has 0 fully saturated rings. The van der Waals surface area contributed by atoms with Gasteiger partial charge in [0.25, 0.3) is 0 Å². The zero-order valence-corrected chi connectivity index (χ0v) is 12.8. The van der Waals surface area contributed by atoms with Crippen molar-refractivity contribution in [3.63, 3.8) is 0 Å². The molecule has 0 saturated carbocycles. The molecule has 118 valence electrons. The van der Waals surface area contributed by atoms with Gasteiger partial charge in [-0.3, -0.25) is 4.79 Å². The number of nitriles is 1. The lowest BCUT2D eigenvalue weighted by molar-refractivity contribution is -0.143. The molecule has 0 spiro atoms. The van der Waals surface area contributed by atoms with Crippen molar-refractivity contribution in [3.05, 3.63) is 60.2 Å². The van der Waals surface area contributed by atoms with Crippen molar-refractivity contribution in [1.29, 1.82) is 5.26 Å². The summed E-state index contributed by atoms with van der Waals surface area (Å²) in [5, 5.41) is 8.35. The van der Waals surface area contributed by atoms with Gasteiger partial charge in [-0.25, -0.2) is 0 Å². The van der Waals surface area contributed by atoms with Crippen LogP contribution in [0.15, 0.2) is 59.5 Å². The monoisotopic (exact) mass is 331 g/mol. The maximum atomic E-state index is 12.1. The van der Waals surface area contributed by atoms with Gasteiger partial charge in [-0.05, 0) is 29.8 Å². The van der Waals surface area contributed by atoms with Crippen molar-refractivity contribution in [3.8, 4) is 11.8 Å². The number of ether oxygens (including phenoxy) is 1. The Labute approximate surface area is 134 Å². The summed E-state index contributed by atoms with van der Waals surface area (Å²) >= 11 is 0. The molecule has 0 aliphatic heterocycles. The average Bonchev–Trinajstić information content (AvgIpc) is 2.55. The Morgan fingerprint density at radius 2 is 1.70 bits per heavy atom. The molecule has 0 unspecified atom stereocenters. The quantitative estimate of drug-likeness (QED) is 0.596. The van der Waals surface area contributed by atoms with Gasteiger partial charge in [-0.2, -0.15) is 13.7 Å². The van der Waals surface area contributed by atoms with Crippen LogP contribution in [0.4, 0.5) is 0 Å². The highest BCUT2D eigenvalue weighted by atomic mass is 32.2. The van der Waals surface area contributed by atoms with E-state index < -0.39 is 16.1 Å². The van der Waals surface area contributed by atoms with Crippen LogP contribution in [-0.4, -0.2) is 14.4 Å². The van der Waals surface area contributed by atoms with Crippen LogP contribution in [0.25, 0.3) is 0 Å². The highest BCUT2D eigenvalue weighted by molar-refractivity contribution is 7.87. The Hall–Kier alpha value is -2.85. The number of carbonyl (C=O) groups excluding carboxylic acids is 1. The van der Waals surface area contributed by atoms with Crippen LogP contribution in [-0.2, 0) is 26.3 Å². The molecule has 0 radical (unpaired) electrons. The average molecular weight is 331 g/mol. The third kappa shape index (κ3) is 4.83. The number of rotatable bonds is 6. The van der Waals surface area contributed by atoms with E-state index in [0.717, 1.165) is 0 Å². The molecule has 0 heterocycles. The number of hydrogen-bond acceptors (Lipinski definition) is 6. The standard InChI is InChI=1S/C16H13NO5S/c17-11-10-16(18)21-12-13-6-8-14(9-7-13)22-23(19,20)15-4-2-1-3-5-15/h1-9H,10,12H2. The normalized spacial score (nSPS) is 10.6. The van der Waals surface area contributed by atoms with E-state index in [1.165, 1.54) is 24.3 Å². The Morgan fingerprint density at radius 3 is 2.30 bits per heavy atom. The highest BCUT2D eigenvalue weighted by Gasteiger charge is 2.15. The molecule has 6 nitrogen and oxygen atoms in total. The molecule has 0 N–H and O–H groups in total. The summed E-state index contributed by atoms with van der Waals surface area (Å²) in [6.07, 6.45) is -0.309. The second-order valence-corrected chi connectivity index (χ2v) is 6.04. The third-order valence-electron chi connectivity index (χ3n) is 2.78. The molecule has 2 rings (SSSR count). The molecule has 0 atom stereocenters. The Morgan fingerprint density at radius 1 is 1.04 bits per heavy atom. The first-order valence-corrected chi connectivity index (χ1v) is 8.03. The minimum atomic E-state index is -3.88. The van der Waals surface area contributed by atoms with E-state index in [1.54, 1.807) is 36.4 Å². The fraction of sp³-hybridized carbons (Fsp3) is 0.125. The van der Waals surface area contributed by atoms with E-state index in [0.29, 0.717) is 5.56 Å². The van der Waals surface area contributed by atoms with Gasteiger partial charge in [0, 0.05) is 0 Å². The predicted molar refractivity (Wildman–Crippen MR) is 80.7 cm³/mol. The number of benzene rings is 2. The molecule has 0 saturated heterocycles. The van der Waals surface area contributed by atoms with Gasteiger partial charge in [0.1, 0.15) is 23.7 Å². The molecule has 0 amide bonds. The van der Waals surface area contributed by atoms with Gasteiger partial charge in [0.15, 0.2) is 0 Å². The van der Waals surface area contributed by atoms with Crippen LogP contribution in [0.5, 0.6) is 5.75 Å². The first-order valence-electron chi connectivity index (χ1n) is 6.62. The molecular formula is C16H13NO5S. The smallest absolute Gasteiger partial charge is 0.339 e. The van der Waals surface area contributed by atoms with Crippen LogP contribution in [0.1, 0.15) is 12.0 Å². The first-order chi connectivity index (χ1) is 11.0. The summed E-state index contributed by atoms with van der Waals surface area (Å²) in [5.74, 6) is -0.458. The van der Waals surface area contributed by atoms with E-state index in [4.69, 9.17) is 14.2 Å². The van der Waals surface area contributed by atoms with Crippen molar-refractivity contribution >= 4 is 16.1 Å². The fourth-order valence-corrected chi connectivity index (χ4v) is 2.63. The summed E-state index contributed by atoms with van der Waals surface area (Å²) in [7, 11) is -3.88. The Balaban J connectivity index is 2.00. The van der Waals surface area contributed by atoms with E-state index >= 15 is 0 Å². The van der Waals surface area contributed by atoms with Crippen molar-refractivity contribution in [1.82, 2.24) is 0 Å². The van der Waals surface area contributed by atoms with Crippen LogP contribution >= 0.6 is 0 Å². The second kappa shape index (κ2) is 7.42. The molecular weight excluding hydrogens is 318 g/mol. The summed E-state index contributed by atoms with van der Waals surface area (Å²) < 4.78 is 34.0. The fourth-order valence-electron chi connectivity index (χ4n) is 1.68. The SMILES string of the molecule is N#CCC(=O)OCc1ccc(OS(=O)(=O)c2ccccc2)cc1. The van der Waals surface area contributed by atoms with Crippen molar-refractivity contribution in [2.24, 2.45) is 0 Å². The lowest BCUT2D eigenvalue weighted by Gasteiger charge is -2.08. The number of nitrogens with zero attached hydrogens (tertiary/aromatic N) is 1. The molecule has 2 aromatic rings. The molecule has 0 aliphatic rings. The minimum absolute atomic E-state index is 0.00618. The van der Waals surface area contributed by atoms with E-state index in [2.05, 4.69) is 0 Å². The number of esters is 1. The third-order valence-corrected chi connectivity index (χ3v) is 4.05. The van der Waals surface area contributed by atoms with Crippen molar-refractivity contribution in [2.75, 3.05) is 0 Å². The minimum Gasteiger partial charge on any atom is -0.460 e. The van der Waals surface area contributed by atoms with Gasteiger partial charge in [-0.1, -0.05) is 30.3 Å². The number of carbonyl (C=O) groups is 1. The molecule has 0 aromatic heterocycles. The first kappa shape index (κ1) is 16.5. The molecule has 0 aliphatic carbocycles. The van der Waals surface area contributed by atoms with Crippen LogP contribution in [0.3, 0.4) is 0 Å². The van der Waals surface area contributed by atoms with E-state index in [1.807, 2.05) is 0 Å². The van der Waals surface area contributed by atoms with E-state index in [-0.39, 0.29) is 23.7 Å². The summed E-state index contributed by atoms with van der Waals surface area (Å²) in [5.41, 5.74) is 0.653. The summed E-state index contributed by atoms with van der Waals surface area (Å²) in [6.45, 7) is 0.00618. The molecule has 2 aromatic carbocycles. The highest BCUT2D eigenvalue weighted by Crippen LogP contribution is 2.19. The van der Waals surface area contributed by atoms with Gasteiger partial charge < -0.3 is 8.92 Å².